The Morgan fingerprint density at radius 2 is 1.76 bits per heavy atom. The molecule has 5 nitrogen and oxygen atoms in total. The first-order valence-electron chi connectivity index (χ1n) is 8.50. The molecule has 0 N–H and O–H groups in total. The quantitative estimate of drug-likeness (QED) is 0.837. The molecule has 3 rings (SSSR count). The van der Waals surface area contributed by atoms with Crippen molar-refractivity contribution in [2.75, 3.05) is 13.1 Å². The van der Waals surface area contributed by atoms with Crippen LogP contribution in [0.3, 0.4) is 0 Å². The number of carbonyl (C=O) groups is 1. The third-order valence-corrected chi connectivity index (χ3v) is 6.23. The van der Waals surface area contributed by atoms with Crippen LogP contribution in [0.25, 0.3) is 0 Å². The van der Waals surface area contributed by atoms with Crippen LogP contribution < -0.4 is 0 Å². The number of furan rings is 1. The molecular weight excluding hydrogens is 338 g/mol. The van der Waals surface area contributed by atoms with Crippen LogP contribution >= 0.6 is 0 Å². The molecule has 1 amide bonds. The van der Waals surface area contributed by atoms with Gasteiger partial charge in [-0.15, -0.1) is 0 Å². The van der Waals surface area contributed by atoms with Crippen molar-refractivity contribution in [2.24, 2.45) is 11.8 Å². The number of piperidine rings is 1. The van der Waals surface area contributed by atoms with E-state index in [0.29, 0.717) is 30.5 Å². The number of nitrogens with zero attached hydrogens (tertiary/aromatic N) is 1. The van der Waals surface area contributed by atoms with E-state index >= 15 is 0 Å². The number of rotatable bonds is 4. The van der Waals surface area contributed by atoms with E-state index < -0.39 is 9.84 Å². The topological polar surface area (TPSA) is 67.6 Å². The summed E-state index contributed by atoms with van der Waals surface area (Å²) in [7, 11) is -3.52. The van der Waals surface area contributed by atoms with Gasteiger partial charge in [0.2, 0.25) is 0 Å². The standard InChI is InChI=1S/C19H23NO4S/c1-14-10-15(2)12-20(11-14)19(21)18-16(8-9-24-18)13-25(22,23)17-6-4-3-5-7-17/h3-9,14-15H,10-13H2,1-2H3. The van der Waals surface area contributed by atoms with Crippen molar-refractivity contribution in [3.63, 3.8) is 0 Å². The monoisotopic (exact) mass is 361 g/mol. The highest BCUT2D eigenvalue weighted by Gasteiger charge is 2.30. The lowest BCUT2D eigenvalue weighted by Gasteiger charge is -2.34. The molecule has 1 aliphatic rings. The van der Waals surface area contributed by atoms with E-state index in [9.17, 15) is 13.2 Å². The molecule has 0 spiro atoms. The fourth-order valence-electron chi connectivity index (χ4n) is 3.53. The van der Waals surface area contributed by atoms with Crippen LogP contribution in [0.2, 0.25) is 0 Å². The van der Waals surface area contributed by atoms with Gasteiger partial charge in [-0.1, -0.05) is 32.0 Å². The molecule has 2 heterocycles. The normalized spacial score (nSPS) is 21.3. The number of hydrogen-bond donors (Lipinski definition) is 0. The second kappa shape index (κ2) is 7.04. The molecule has 0 radical (unpaired) electrons. The number of amides is 1. The molecule has 1 aromatic carbocycles. The molecule has 2 unspecified atom stereocenters. The smallest absolute Gasteiger partial charge is 0.289 e. The summed E-state index contributed by atoms with van der Waals surface area (Å²) >= 11 is 0. The van der Waals surface area contributed by atoms with Crippen molar-refractivity contribution < 1.29 is 17.6 Å². The maximum Gasteiger partial charge on any atom is 0.289 e. The summed E-state index contributed by atoms with van der Waals surface area (Å²) in [5.74, 6) is 0.536. The van der Waals surface area contributed by atoms with Gasteiger partial charge in [-0.3, -0.25) is 4.79 Å². The summed E-state index contributed by atoms with van der Waals surface area (Å²) < 4.78 is 30.6. The Morgan fingerprint density at radius 1 is 1.12 bits per heavy atom. The van der Waals surface area contributed by atoms with Gasteiger partial charge in [0.15, 0.2) is 15.6 Å². The van der Waals surface area contributed by atoms with E-state index in [0.717, 1.165) is 6.42 Å². The van der Waals surface area contributed by atoms with Crippen LogP contribution in [0.15, 0.2) is 52.0 Å². The molecule has 1 aromatic heterocycles. The minimum Gasteiger partial charge on any atom is -0.459 e. The zero-order valence-corrected chi connectivity index (χ0v) is 15.3. The SMILES string of the molecule is CC1CC(C)CN(C(=O)c2occc2CS(=O)(=O)c2ccccc2)C1. The first-order chi connectivity index (χ1) is 11.9. The predicted octanol–water partition coefficient (Wildman–Crippen LogP) is 3.37. The lowest BCUT2D eigenvalue weighted by Crippen LogP contribution is -2.42. The largest absolute Gasteiger partial charge is 0.459 e. The van der Waals surface area contributed by atoms with Gasteiger partial charge in [0, 0.05) is 18.7 Å². The zero-order valence-electron chi connectivity index (χ0n) is 14.5. The number of sulfone groups is 1. The van der Waals surface area contributed by atoms with Gasteiger partial charge in [0.25, 0.3) is 5.91 Å². The Hall–Kier alpha value is -2.08. The van der Waals surface area contributed by atoms with Crippen molar-refractivity contribution in [1.82, 2.24) is 4.90 Å². The van der Waals surface area contributed by atoms with Gasteiger partial charge in [0.05, 0.1) is 16.9 Å². The average Bonchev–Trinajstić information content (AvgIpc) is 3.01. The van der Waals surface area contributed by atoms with Crippen LogP contribution in [-0.2, 0) is 15.6 Å². The van der Waals surface area contributed by atoms with Crippen molar-refractivity contribution in [3.05, 3.63) is 54.0 Å². The second-order valence-electron chi connectivity index (χ2n) is 7.00. The fraction of sp³-hybridized carbons (Fsp3) is 0.421. The van der Waals surface area contributed by atoms with Gasteiger partial charge in [-0.25, -0.2) is 8.42 Å². The van der Waals surface area contributed by atoms with Gasteiger partial charge >= 0.3 is 0 Å². The van der Waals surface area contributed by atoms with Crippen LogP contribution in [0.5, 0.6) is 0 Å². The third-order valence-electron chi connectivity index (χ3n) is 4.54. The summed E-state index contributed by atoms with van der Waals surface area (Å²) in [6.45, 7) is 5.60. The van der Waals surface area contributed by atoms with E-state index in [-0.39, 0.29) is 22.3 Å². The Balaban J connectivity index is 1.82. The summed E-state index contributed by atoms with van der Waals surface area (Å²) in [4.78, 5) is 14.9. The number of benzene rings is 1. The number of hydrogen-bond acceptors (Lipinski definition) is 4. The lowest BCUT2D eigenvalue weighted by molar-refractivity contribution is 0.0590. The number of likely N-dealkylation sites (tertiary alicyclic amines) is 1. The first-order valence-corrected chi connectivity index (χ1v) is 10.2. The van der Waals surface area contributed by atoms with Crippen LogP contribution in [0.4, 0.5) is 0 Å². The summed E-state index contributed by atoms with van der Waals surface area (Å²) in [6.07, 6.45) is 2.48. The minimum atomic E-state index is -3.52. The van der Waals surface area contributed by atoms with Gasteiger partial charge in [0.1, 0.15) is 0 Å². The minimum absolute atomic E-state index is 0.140. The van der Waals surface area contributed by atoms with Gasteiger partial charge in [-0.05, 0) is 36.5 Å². The summed E-state index contributed by atoms with van der Waals surface area (Å²) in [6, 6.07) is 9.83. The Labute approximate surface area is 148 Å². The molecule has 0 saturated carbocycles. The molecule has 1 aliphatic heterocycles. The van der Waals surface area contributed by atoms with Gasteiger partial charge in [-0.2, -0.15) is 0 Å². The maximum atomic E-state index is 12.8. The van der Waals surface area contributed by atoms with Crippen molar-refractivity contribution in [3.8, 4) is 0 Å². The van der Waals surface area contributed by atoms with Crippen LogP contribution in [-0.4, -0.2) is 32.3 Å². The van der Waals surface area contributed by atoms with E-state index in [1.54, 1.807) is 41.3 Å². The first kappa shape index (κ1) is 17.7. The van der Waals surface area contributed by atoms with E-state index in [4.69, 9.17) is 4.42 Å². The Morgan fingerprint density at radius 3 is 2.40 bits per heavy atom. The third kappa shape index (κ3) is 3.95. The summed E-state index contributed by atoms with van der Waals surface area (Å²) in [5, 5.41) is 0. The molecule has 2 aromatic rings. The molecule has 134 valence electrons. The molecule has 0 aliphatic carbocycles. The summed E-state index contributed by atoms with van der Waals surface area (Å²) in [5.41, 5.74) is 0.416. The predicted molar refractivity (Wildman–Crippen MR) is 94.9 cm³/mol. The van der Waals surface area contributed by atoms with E-state index in [2.05, 4.69) is 13.8 Å². The molecule has 2 atom stereocenters. The average molecular weight is 361 g/mol. The highest BCUT2D eigenvalue weighted by Crippen LogP contribution is 2.25. The van der Waals surface area contributed by atoms with Crippen molar-refractivity contribution in [2.45, 2.75) is 30.9 Å². The Kier molecular flexibility index (Phi) is 4.99. The molecule has 1 saturated heterocycles. The molecule has 6 heteroatoms. The van der Waals surface area contributed by atoms with E-state index in [1.165, 1.54) is 6.26 Å². The van der Waals surface area contributed by atoms with Gasteiger partial charge < -0.3 is 9.32 Å². The second-order valence-corrected chi connectivity index (χ2v) is 8.99. The van der Waals surface area contributed by atoms with Crippen molar-refractivity contribution >= 4 is 15.7 Å². The highest BCUT2D eigenvalue weighted by molar-refractivity contribution is 7.90. The molecule has 0 bridgehead atoms. The molecular formula is C19H23NO4S. The Bertz CT molecular complexity index is 831. The van der Waals surface area contributed by atoms with Crippen molar-refractivity contribution in [1.29, 1.82) is 0 Å². The molecule has 1 fully saturated rings. The van der Waals surface area contributed by atoms with Crippen LogP contribution in [0.1, 0.15) is 36.4 Å². The number of carbonyl (C=O) groups excluding carboxylic acids is 1. The molecule has 25 heavy (non-hydrogen) atoms. The maximum absolute atomic E-state index is 12.8. The van der Waals surface area contributed by atoms with E-state index in [1.807, 2.05) is 0 Å². The van der Waals surface area contributed by atoms with Crippen LogP contribution in [0, 0.1) is 11.8 Å². The zero-order chi connectivity index (χ0) is 18.0. The lowest BCUT2D eigenvalue weighted by atomic mass is 9.91. The highest BCUT2D eigenvalue weighted by atomic mass is 32.2. The fourth-order valence-corrected chi connectivity index (χ4v) is 4.90.